The Labute approximate surface area is 227 Å². The van der Waals surface area contributed by atoms with Crippen LogP contribution in [0.4, 0.5) is 5.69 Å². The van der Waals surface area contributed by atoms with E-state index >= 15 is 0 Å². The van der Waals surface area contributed by atoms with Crippen molar-refractivity contribution in [1.82, 2.24) is 9.80 Å². The molecule has 0 saturated carbocycles. The molecule has 0 radical (unpaired) electrons. The van der Waals surface area contributed by atoms with Gasteiger partial charge >= 0.3 is 0 Å². The van der Waals surface area contributed by atoms with E-state index in [4.69, 9.17) is 4.74 Å². The zero-order valence-electron chi connectivity index (χ0n) is 22.9. The molecule has 5 rings (SSSR count). The predicted molar refractivity (Wildman–Crippen MR) is 152 cm³/mol. The Morgan fingerprint density at radius 1 is 0.868 bits per heavy atom. The van der Waals surface area contributed by atoms with Crippen LogP contribution in [0, 0.1) is 5.92 Å². The summed E-state index contributed by atoms with van der Waals surface area (Å²) in [5.41, 5.74) is 3.01. The smallest absolute Gasteiger partial charge is 0.253 e. The van der Waals surface area contributed by atoms with E-state index in [1.54, 1.807) is 0 Å². The van der Waals surface area contributed by atoms with Crippen molar-refractivity contribution in [2.45, 2.75) is 70.8 Å². The summed E-state index contributed by atoms with van der Waals surface area (Å²) >= 11 is 0. The van der Waals surface area contributed by atoms with Crippen molar-refractivity contribution in [3.8, 4) is 5.75 Å². The number of fused-ring (bicyclic) bond motifs is 1. The highest BCUT2D eigenvalue weighted by atomic mass is 16.5. The van der Waals surface area contributed by atoms with E-state index in [9.17, 15) is 9.59 Å². The number of nitrogens with zero attached hydrogens (tertiary/aromatic N) is 3. The standard InChI is InChI=1S/C32H43N3O3/c1-25-15-20-33(21-16-25)19-5-2-6-24-38-29-12-9-27(10-13-29)32(37)34-22-17-28(18-23-34)35-30-8-4-3-7-26(30)11-14-31(35)36/h3-4,7-10,12-13,25,28H,2,5-6,11,14-24H2,1H3. The first-order chi connectivity index (χ1) is 18.6. The third-order valence-electron chi connectivity index (χ3n) is 8.61. The number of para-hydroxylation sites is 1. The molecule has 2 amide bonds. The van der Waals surface area contributed by atoms with E-state index in [1.807, 2.05) is 46.2 Å². The molecule has 2 aromatic carbocycles. The van der Waals surface area contributed by atoms with Gasteiger partial charge in [0.2, 0.25) is 5.91 Å². The molecule has 0 bridgehead atoms. The maximum atomic E-state index is 13.1. The van der Waals surface area contributed by atoms with Gasteiger partial charge in [0.05, 0.1) is 6.61 Å². The van der Waals surface area contributed by atoms with Crippen LogP contribution < -0.4 is 9.64 Å². The Morgan fingerprint density at radius 2 is 1.61 bits per heavy atom. The molecule has 0 spiro atoms. The largest absolute Gasteiger partial charge is 0.494 e. The topological polar surface area (TPSA) is 53.1 Å². The minimum absolute atomic E-state index is 0.0625. The van der Waals surface area contributed by atoms with E-state index in [-0.39, 0.29) is 17.9 Å². The van der Waals surface area contributed by atoms with Crippen molar-refractivity contribution >= 4 is 17.5 Å². The van der Waals surface area contributed by atoms with Crippen LogP contribution in [0.5, 0.6) is 5.75 Å². The predicted octanol–water partition coefficient (Wildman–Crippen LogP) is 5.55. The second-order valence-corrected chi connectivity index (χ2v) is 11.4. The van der Waals surface area contributed by atoms with Crippen LogP contribution in [-0.4, -0.2) is 67.0 Å². The van der Waals surface area contributed by atoms with Gasteiger partial charge in [-0.15, -0.1) is 0 Å². The molecule has 3 heterocycles. The van der Waals surface area contributed by atoms with Gasteiger partial charge in [0.1, 0.15) is 5.75 Å². The summed E-state index contributed by atoms with van der Waals surface area (Å²) in [5.74, 6) is 1.99. The van der Waals surface area contributed by atoms with Crippen LogP contribution in [-0.2, 0) is 11.2 Å². The van der Waals surface area contributed by atoms with Crippen molar-refractivity contribution < 1.29 is 14.3 Å². The average molecular weight is 518 g/mol. The van der Waals surface area contributed by atoms with Gasteiger partial charge in [-0.3, -0.25) is 9.59 Å². The Balaban J connectivity index is 1.03. The number of aryl methyl sites for hydroxylation is 1. The van der Waals surface area contributed by atoms with Crippen molar-refractivity contribution in [1.29, 1.82) is 0 Å². The molecule has 0 N–H and O–H groups in total. The summed E-state index contributed by atoms with van der Waals surface area (Å²) in [6.07, 6.45) is 9.18. The first kappa shape index (κ1) is 26.7. The molecule has 2 fully saturated rings. The zero-order chi connectivity index (χ0) is 26.3. The van der Waals surface area contributed by atoms with E-state index in [0.29, 0.717) is 25.1 Å². The Bertz CT molecular complexity index is 1070. The summed E-state index contributed by atoms with van der Waals surface area (Å²) in [5, 5.41) is 0. The summed E-state index contributed by atoms with van der Waals surface area (Å²) in [7, 11) is 0. The zero-order valence-corrected chi connectivity index (χ0v) is 22.9. The fourth-order valence-corrected chi connectivity index (χ4v) is 6.15. The molecule has 204 valence electrons. The number of rotatable bonds is 9. The maximum Gasteiger partial charge on any atom is 0.253 e. The van der Waals surface area contributed by atoms with Crippen molar-refractivity contribution in [2.24, 2.45) is 5.92 Å². The van der Waals surface area contributed by atoms with Crippen LogP contribution in [0.25, 0.3) is 0 Å². The summed E-state index contributed by atoms with van der Waals surface area (Å²) in [6, 6.07) is 16.0. The highest BCUT2D eigenvalue weighted by molar-refractivity contribution is 5.97. The maximum absolute atomic E-state index is 13.1. The van der Waals surface area contributed by atoms with Crippen molar-refractivity contribution in [2.75, 3.05) is 44.2 Å². The summed E-state index contributed by atoms with van der Waals surface area (Å²) < 4.78 is 5.94. The van der Waals surface area contributed by atoms with E-state index in [1.165, 1.54) is 50.9 Å². The van der Waals surface area contributed by atoms with Gasteiger partial charge < -0.3 is 19.4 Å². The monoisotopic (exact) mass is 517 g/mol. The minimum Gasteiger partial charge on any atom is -0.494 e. The molecule has 3 aliphatic rings. The number of hydrogen-bond donors (Lipinski definition) is 0. The third kappa shape index (κ3) is 6.58. The molecule has 0 aromatic heterocycles. The number of benzene rings is 2. The van der Waals surface area contributed by atoms with Gasteiger partial charge in [-0.2, -0.15) is 0 Å². The van der Waals surface area contributed by atoms with Crippen LogP contribution in [0.2, 0.25) is 0 Å². The lowest BCUT2D eigenvalue weighted by atomic mass is 9.95. The van der Waals surface area contributed by atoms with Crippen molar-refractivity contribution in [3.05, 3.63) is 59.7 Å². The highest BCUT2D eigenvalue weighted by Gasteiger charge is 2.33. The van der Waals surface area contributed by atoms with Crippen LogP contribution in [0.3, 0.4) is 0 Å². The number of carbonyl (C=O) groups excluding carboxylic acids is 2. The van der Waals surface area contributed by atoms with Gasteiger partial charge in [-0.1, -0.05) is 25.1 Å². The Hall–Kier alpha value is -2.86. The molecule has 6 nitrogen and oxygen atoms in total. The summed E-state index contributed by atoms with van der Waals surface area (Å²) in [6.45, 7) is 8.15. The number of likely N-dealkylation sites (tertiary alicyclic amines) is 2. The number of carbonyl (C=O) groups is 2. The summed E-state index contributed by atoms with van der Waals surface area (Å²) in [4.78, 5) is 32.4. The number of ether oxygens (including phenoxy) is 1. The van der Waals surface area contributed by atoms with Crippen LogP contribution >= 0.6 is 0 Å². The quantitative estimate of drug-likeness (QED) is 0.409. The average Bonchev–Trinajstić information content (AvgIpc) is 2.96. The fourth-order valence-electron chi connectivity index (χ4n) is 6.15. The normalized spacial score (nSPS) is 19.4. The molecule has 2 aromatic rings. The number of amides is 2. The molecule has 2 saturated heterocycles. The lowest BCUT2D eigenvalue weighted by molar-refractivity contribution is -0.119. The van der Waals surface area contributed by atoms with Gasteiger partial charge in [-0.05, 0) is 113 Å². The lowest BCUT2D eigenvalue weighted by Gasteiger charge is -2.41. The van der Waals surface area contributed by atoms with Crippen molar-refractivity contribution in [3.63, 3.8) is 0 Å². The van der Waals surface area contributed by atoms with E-state index < -0.39 is 0 Å². The van der Waals surface area contributed by atoms with E-state index in [0.717, 1.165) is 49.6 Å². The number of hydrogen-bond acceptors (Lipinski definition) is 4. The molecule has 6 heteroatoms. The van der Waals surface area contributed by atoms with Gasteiger partial charge in [0.15, 0.2) is 0 Å². The fraction of sp³-hybridized carbons (Fsp3) is 0.562. The van der Waals surface area contributed by atoms with Crippen LogP contribution in [0.1, 0.15) is 74.2 Å². The van der Waals surface area contributed by atoms with Gasteiger partial charge in [0.25, 0.3) is 5.91 Å². The molecule has 38 heavy (non-hydrogen) atoms. The molecule has 0 unspecified atom stereocenters. The number of anilines is 1. The second-order valence-electron chi connectivity index (χ2n) is 11.4. The van der Waals surface area contributed by atoms with Gasteiger partial charge in [0, 0.05) is 36.8 Å². The Kier molecular flexibility index (Phi) is 9.00. The van der Waals surface area contributed by atoms with Crippen LogP contribution in [0.15, 0.2) is 48.5 Å². The first-order valence-electron chi connectivity index (χ1n) is 14.7. The first-order valence-corrected chi connectivity index (χ1v) is 14.7. The molecular formula is C32H43N3O3. The van der Waals surface area contributed by atoms with E-state index in [2.05, 4.69) is 24.0 Å². The molecule has 0 atom stereocenters. The molecule has 3 aliphatic heterocycles. The lowest BCUT2D eigenvalue weighted by Crippen LogP contribution is -2.50. The van der Waals surface area contributed by atoms with Gasteiger partial charge in [-0.25, -0.2) is 0 Å². The molecule has 0 aliphatic carbocycles. The SMILES string of the molecule is CC1CCN(CCCCCOc2ccc(C(=O)N3CCC(N4C(=O)CCc5ccccc54)CC3)cc2)CC1. The highest BCUT2D eigenvalue weighted by Crippen LogP contribution is 2.32. The second kappa shape index (κ2) is 12.8. The number of unbranched alkanes of at least 4 members (excludes halogenated alkanes) is 2. The minimum atomic E-state index is 0.0625. The Morgan fingerprint density at radius 3 is 2.37 bits per heavy atom. The number of piperidine rings is 2. The molecular weight excluding hydrogens is 474 g/mol. The third-order valence-corrected chi connectivity index (χ3v) is 8.61.